The first-order chi connectivity index (χ1) is 13.5. The lowest BCUT2D eigenvalue weighted by Gasteiger charge is -2.09. The molecule has 0 saturated carbocycles. The van der Waals surface area contributed by atoms with Crippen molar-refractivity contribution in [1.29, 1.82) is 0 Å². The van der Waals surface area contributed by atoms with Crippen molar-refractivity contribution >= 4 is 23.7 Å². The molecule has 0 bridgehead atoms. The van der Waals surface area contributed by atoms with Crippen LogP contribution in [-0.4, -0.2) is 23.1 Å². The van der Waals surface area contributed by atoms with E-state index in [1.54, 1.807) is 24.3 Å². The van der Waals surface area contributed by atoms with Crippen LogP contribution in [0.2, 0.25) is 0 Å². The molecule has 2 aromatic carbocycles. The highest BCUT2D eigenvalue weighted by Gasteiger charge is 2.10. The highest BCUT2D eigenvalue weighted by atomic mass is 16.6. The maximum absolute atomic E-state index is 12.1. The van der Waals surface area contributed by atoms with Crippen LogP contribution in [0.15, 0.2) is 48.5 Å². The van der Waals surface area contributed by atoms with Gasteiger partial charge in [0.25, 0.3) is 0 Å². The summed E-state index contributed by atoms with van der Waals surface area (Å²) in [6.07, 6.45) is 1.92. The minimum atomic E-state index is -1.25. The van der Waals surface area contributed by atoms with E-state index < -0.39 is 24.5 Å². The van der Waals surface area contributed by atoms with Gasteiger partial charge in [-0.05, 0) is 48.2 Å². The van der Waals surface area contributed by atoms with Crippen LogP contribution in [0.1, 0.15) is 37.3 Å². The summed E-state index contributed by atoms with van der Waals surface area (Å²) in [6, 6.07) is 14.0. The molecule has 0 unspecified atom stereocenters. The van der Waals surface area contributed by atoms with E-state index in [9.17, 15) is 14.4 Å². The summed E-state index contributed by atoms with van der Waals surface area (Å²) in [7, 11) is 0. The van der Waals surface area contributed by atoms with Gasteiger partial charge in [0.1, 0.15) is 18.8 Å². The predicted molar refractivity (Wildman–Crippen MR) is 103 cm³/mol. The monoisotopic (exact) mass is 385 g/mol. The van der Waals surface area contributed by atoms with Crippen LogP contribution >= 0.6 is 0 Å². The molecule has 148 valence electrons. The molecule has 0 spiro atoms. The van der Waals surface area contributed by atoms with Crippen molar-refractivity contribution in [3.63, 3.8) is 0 Å². The number of aliphatic carboxylic acids is 1. The molecule has 7 heteroatoms. The molecule has 0 aromatic heterocycles. The van der Waals surface area contributed by atoms with Crippen LogP contribution in [0.4, 0.5) is 10.5 Å². The number of hydrogen-bond acceptors (Lipinski definition) is 5. The van der Waals surface area contributed by atoms with Crippen molar-refractivity contribution in [2.24, 2.45) is 0 Å². The van der Waals surface area contributed by atoms with Gasteiger partial charge in [-0.3, -0.25) is 14.9 Å². The van der Waals surface area contributed by atoms with Crippen LogP contribution in [0, 0.1) is 0 Å². The van der Waals surface area contributed by atoms with Crippen molar-refractivity contribution in [3.05, 3.63) is 59.7 Å². The lowest BCUT2D eigenvalue weighted by Crippen LogP contribution is -2.16. The van der Waals surface area contributed by atoms with Crippen LogP contribution < -0.4 is 10.1 Å². The zero-order valence-corrected chi connectivity index (χ0v) is 15.6. The standard InChI is InChI=1S/C21H23NO6/c1-2-3-5-15-8-10-17(11-9-15)22-21(26)28-18-7-4-6-16(12-18)14-27-20(25)13-19(23)24/h4,6-12H,2-3,5,13-14H2,1H3,(H,22,26)(H,23,24). The fourth-order valence-corrected chi connectivity index (χ4v) is 2.42. The number of benzene rings is 2. The lowest BCUT2D eigenvalue weighted by molar-refractivity contribution is -0.152. The molecule has 7 nitrogen and oxygen atoms in total. The highest BCUT2D eigenvalue weighted by molar-refractivity contribution is 5.90. The summed E-state index contributed by atoms with van der Waals surface area (Å²) in [5.41, 5.74) is 2.42. The molecule has 2 rings (SSSR count). The first kappa shape index (κ1) is 21.0. The first-order valence-electron chi connectivity index (χ1n) is 9.00. The minimum absolute atomic E-state index is 0.107. The summed E-state index contributed by atoms with van der Waals surface area (Å²) >= 11 is 0. The molecule has 0 saturated heterocycles. The Morgan fingerprint density at radius 1 is 1.04 bits per heavy atom. The van der Waals surface area contributed by atoms with Gasteiger partial charge in [0.05, 0.1) is 0 Å². The van der Waals surface area contributed by atoms with Gasteiger partial charge in [0.15, 0.2) is 0 Å². The number of carboxylic acids is 1. The second kappa shape index (κ2) is 10.7. The Morgan fingerprint density at radius 3 is 2.46 bits per heavy atom. The van der Waals surface area contributed by atoms with Crippen LogP contribution in [0.5, 0.6) is 5.75 Å². The minimum Gasteiger partial charge on any atom is -0.481 e. The summed E-state index contributed by atoms with van der Waals surface area (Å²) in [6.45, 7) is 2.03. The molecule has 28 heavy (non-hydrogen) atoms. The van der Waals surface area contributed by atoms with E-state index in [0.717, 1.165) is 19.3 Å². The van der Waals surface area contributed by atoms with E-state index in [2.05, 4.69) is 12.2 Å². The van der Waals surface area contributed by atoms with E-state index >= 15 is 0 Å². The predicted octanol–water partition coefficient (Wildman–Crippen LogP) is 4.16. The van der Waals surface area contributed by atoms with E-state index in [4.69, 9.17) is 14.6 Å². The van der Waals surface area contributed by atoms with Gasteiger partial charge in [-0.2, -0.15) is 0 Å². The normalized spacial score (nSPS) is 10.2. The number of anilines is 1. The summed E-state index contributed by atoms with van der Waals surface area (Å²) in [5.74, 6) is -1.81. The number of carbonyl (C=O) groups excluding carboxylic acids is 2. The van der Waals surface area contributed by atoms with Crippen molar-refractivity contribution in [2.45, 2.75) is 39.2 Å². The topological polar surface area (TPSA) is 102 Å². The fourth-order valence-electron chi connectivity index (χ4n) is 2.42. The summed E-state index contributed by atoms with van der Waals surface area (Å²) in [5, 5.41) is 11.2. The quantitative estimate of drug-likeness (QED) is 0.496. The first-order valence-corrected chi connectivity index (χ1v) is 9.00. The number of hydrogen-bond donors (Lipinski definition) is 2. The molecule has 0 fully saturated rings. The Bertz CT molecular complexity index is 816. The van der Waals surface area contributed by atoms with E-state index in [0.29, 0.717) is 11.3 Å². The Morgan fingerprint density at radius 2 is 1.79 bits per heavy atom. The molecular formula is C21H23NO6. The van der Waals surface area contributed by atoms with E-state index in [1.807, 2.05) is 24.3 Å². The largest absolute Gasteiger partial charge is 0.481 e. The summed E-state index contributed by atoms with van der Waals surface area (Å²) in [4.78, 5) is 33.8. The molecule has 0 radical (unpaired) electrons. The number of rotatable bonds is 9. The number of aryl methyl sites for hydroxylation is 1. The van der Waals surface area contributed by atoms with Crippen molar-refractivity contribution < 1.29 is 29.0 Å². The SMILES string of the molecule is CCCCc1ccc(NC(=O)Oc2cccc(COC(=O)CC(=O)O)c2)cc1. The van der Waals surface area contributed by atoms with Gasteiger partial charge < -0.3 is 14.6 Å². The Kier molecular flexibility index (Phi) is 8.02. The maximum Gasteiger partial charge on any atom is 0.417 e. The Balaban J connectivity index is 1.86. The second-order valence-corrected chi connectivity index (χ2v) is 6.19. The van der Waals surface area contributed by atoms with Crippen molar-refractivity contribution in [3.8, 4) is 5.75 Å². The van der Waals surface area contributed by atoms with Gasteiger partial charge >= 0.3 is 18.0 Å². The van der Waals surface area contributed by atoms with Gasteiger partial charge in [-0.15, -0.1) is 0 Å². The third kappa shape index (κ3) is 7.49. The van der Waals surface area contributed by atoms with Crippen LogP contribution in [0.25, 0.3) is 0 Å². The number of carbonyl (C=O) groups is 3. The third-order valence-corrected chi connectivity index (χ3v) is 3.82. The van der Waals surface area contributed by atoms with Crippen LogP contribution in [-0.2, 0) is 27.4 Å². The highest BCUT2D eigenvalue weighted by Crippen LogP contribution is 2.16. The smallest absolute Gasteiger partial charge is 0.417 e. The average Bonchev–Trinajstić information content (AvgIpc) is 2.65. The summed E-state index contributed by atoms with van der Waals surface area (Å²) < 4.78 is 10.1. The molecule has 0 heterocycles. The van der Waals surface area contributed by atoms with Crippen LogP contribution in [0.3, 0.4) is 0 Å². The van der Waals surface area contributed by atoms with Crippen molar-refractivity contribution in [2.75, 3.05) is 5.32 Å². The van der Waals surface area contributed by atoms with E-state index in [-0.39, 0.29) is 12.4 Å². The van der Waals surface area contributed by atoms with Gasteiger partial charge in [-0.1, -0.05) is 37.6 Å². The lowest BCUT2D eigenvalue weighted by atomic mass is 10.1. The molecule has 2 aromatic rings. The third-order valence-electron chi connectivity index (χ3n) is 3.82. The number of amides is 1. The molecule has 0 aliphatic carbocycles. The zero-order chi connectivity index (χ0) is 20.4. The molecule has 0 aliphatic rings. The molecule has 0 aliphatic heterocycles. The zero-order valence-electron chi connectivity index (χ0n) is 15.6. The Hall–Kier alpha value is -3.35. The number of carboxylic acid groups (broad SMARTS) is 1. The Labute approximate surface area is 163 Å². The second-order valence-electron chi connectivity index (χ2n) is 6.19. The van der Waals surface area contributed by atoms with Gasteiger partial charge in [0, 0.05) is 5.69 Å². The fraction of sp³-hybridized carbons (Fsp3) is 0.286. The molecule has 2 N–H and O–H groups in total. The number of ether oxygens (including phenoxy) is 2. The number of nitrogens with one attached hydrogen (secondary N) is 1. The van der Waals surface area contributed by atoms with Crippen molar-refractivity contribution in [1.82, 2.24) is 0 Å². The average molecular weight is 385 g/mol. The number of unbranched alkanes of at least 4 members (excludes halogenated alkanes) is 1. The maximum atomic E-state index is 12.1. The molecule has 0 atom stereocenters. The van der Waals surface area contributed by atoms with E-state index in [1.165, 1.54) is 5.56 Å². The molecule has 1 amide bonds. The number of esters is 1. The van der Waals surface area contributed by atoms with Gasteiger partial charge in [-0.25, -0.2) is 4.79 Å². The molecular weight excluding hydrogens is 362 g/mol. The van der Waals surface area contributed by atoms with Gasteiger partial charge in [0.2, 0.25) is 0 Å².